The molecule has 0 spiro atoms. The van der Waals surface area contributed by atoms with Gasteiger partial charge in [-0.1, -0.05) is 29.8 Å². The fourth-order valence-electron chi connectivity index (χ4n) is 2.97. The summed E-state index contributed by atoms with van der Waals surface area (Å²) in [5.74, 6) is 0.324. The number of esters is 1. The summed E-state index contributed by atoms with van der Waals surface area (Å²) in [5, 5.41) is 3.99. The van der Waals surface area contributed by atoms with Gasteiger partial charge in [0.25, 0.3) is 5.91 Å². The minimum absolute atomic E-state index is 0.212. The number of hydrogen-bond donors (Lipinski definition) is 1. The summed E-state index contributed by atoms with van der Waals surface area (Å²) in [6, 6.07) is 16.9. The van der Waals surface area contributed by atoms with E-state index in [1.54, 1.807) is 36.4 Å². The first-order valence-corrected chi connectivity index (χ1v) is 9.98. The van der Waals surface area contributed by atoms with Crippen LogP contribution in [0, 0.1) is 6.92 Å². The van der Waals surface area contributed by atoms with Crippen molar-refractivity contribution in [3.8, 4) is 23.0 Å². The first-order chi connectivity index (χ1) is 16.0. The van der Waals surface area contributed by atoms with E-state index in [-0.39, 0.29) is 17.2 Å². The minimum Gasteiger partial charge on any atom is -0.493 e. The lowest BCUT2D eigenvalue weighted by Crippen LogP contribution is -2.17. The Morgan fingerprint density at radius 2 is 1.45 bits per heavy atom. The van der Waals surface area contributed by atoms with Gasteiger partial charge in [0.05, 0.1) is 33.1 Å². The Morgan fingerprint density at radius 1 is 0.818 bits per heavy atom. The van der Waals surface area contributed by atoms with Crippen LogP contribution in [-0.2, 0) is 0 Å². The second-order valence-electron chi connectivity index (χ2n) is 6.91. The molecule has 0 aliphatic rings. The fraction of sp³-hybridized carbons (Fsp3) is 0.160. The number of methoxy groups -OCH3 is 3. The van der Waals surface area contributed by atoms with Crippen LogP contribution in [0.3, 0.4) is 0 Å². The molecule has 3 rings (SSSR count). The van der Waals surface area contributed by atoms with Crippen LogP contribution in [0.1, 0.15) is 31.8 Å². The van der Waals surface area contributed by atoms with Crippen LogP contribution < -0.4 is 24.4 Å². The Labute approximate surface area is 191 Å². The van der Waals surface area contributed by atoms with Gasteiger partial charge in [-0.3, -0.25) is 4.79 Å². The number of ether oxygens (including phenoxy) is 4. The zero-order valence-electron chi connectivity index (χ0n) is 18.7. The summed E-state index contributed by atoms with van der Waals surface area (Å²) in [6.07, 6.45) is 1.41. The summed E-state index contributed by atoms with van der Waals surface area (Å²) in [4.78, 5) is 25.0. The molecule has 0 saturated carbocycles. The van der Waals surface area contributed by atoms with Crippen LogP contribution in [0.5, 0.6) is 23.0 Å². The molecule has 0 bridgehead atoms. The highest BCUT2D eigenvalue weighted by molar-refractivity contribution is 5.96. The van der Waals surface area contributed by atoms with Crippen molar-refractivity contribution in [1.29, 1.82) is 0 Å². The number of benzene rings is 3. The number of rotatable bonds is 8. The first kappa shape index (κ1) is 23.3. The zero-order valence-corrected chi connectivity index (χ0v) is 18.7. The van der Waals surface area contributed by atoms with Gasteiger partial charge in [-0.25, -0.2) is 10.2 Å². The third-order valence-corrected chi connectivity index (χ3v) is 4.71. The van der Waals surface area contributed by atoms with Crippen LogP contribution in [0.25, 0.3) is 0 Å². The Morgan fingerprint density at radius 3 is 2.06 bits per heavy atom. The molecule has 170 valence electrons. The van der Waals surface area contributed by atoms with Gasteiger partial charge in [-0.15, -0.1) is 0 Å². The number of hydrazone groups is 1. The number of hydrogen-bond acceptors (Lipinski definition) is 7. The zero-order chi connectivity index (χ0) is 23.8. The molecule has 3 aromatic rings. The van der Waals surface area contributed by atoms with Crippen molar-refractivity contribution in [2.45, 2.75) is 6.92 Å². The maximum Gasteiger partial charge on any atom is 0.343 e. The second-order valence-corrected chi connectivity index (χ2v) is 6.91. The van der Waals surface area contributed by atoms with Gasteiger partial charge in [0.15, 0.2) is 11.5 Å². The highest BCUT2D eigenvalue weighted by Gasteiger charge is 2.19. The number of nitrogens with zero attached hydrogens (tertiary/aromatic N) is 1. The Bertz CT molecular complexity index is 1150. The molecule has 1 N–H and O–H groups in total. The van der Waals surface area contributed by atoms with Crippen molar-refractivity contribution in [1.82, 2.24) is 5.43 Å². The first-order valence-electron chi connectivity index (χ1n) is 9.98. The summed E-state index contributed by atoms with van der Waals surface area (Å²) < 4.78 is 21.4. The Hall–Kier alpha value is -4.33. The average molecular weight is 448 g/mol. The van der Waals surface area contributed by atoms with Crippen molar-refractivity contribution in [2.75, 3.05) is 21.3 Å². The van der Waals surface area contributed by atoms with Crippen LogP contribution in [0.2, 0.25) is 0 Å². The molecule has 0 aromatic heterocycles. The van der Waals surface area contributed by atoms with Gasteiger partial charge in [0.1, 0.15) is 5.75 Å². The van der Waals surface area contributed by atoms with Crippen molar-refractivity contribution in [2.24, 2.45) is 5.10 Å². The topological polar surface area (TPSA) is 95.5 Å². The van der Waals surface area contributed by atoms with E-state index < -0.39 is 5.97 Å². The molecule has 1 amide bonds. The fourth-order valence-corrected chi connectivity index (χ4v) is 2.97. The molecule has 0 fully saturated rings. The van der Waals surface area contributed by atoms with E-state index in [1.807, 2.05) is 19.1 Å². The third kappa shape index (κ3) is 5.68. The number of amides is 1. The molecular formula is C25H24N2O6. The number of para-hydroxylation sites is 1. The van der Waals surface area contributed by atoms with Crippen LogP contribution in [0.15, 0.2) is 65.8 Å². The van der Waals surface area contributed by atoms with Gasteiger partial charge in [-0.2, -0.15) is 5.10 Å². The average Bonchev–Trinajstić information content (AvgIpc) is 2.84. The predicted molar refractivity (Wildman–Crippen MR) is 124 cm³/mol. The van der Waals surface area contributed by atoms with Crippen LogP contribution in [0.4, 0.5) is 0 Å². The van der Waals surface area contributed by atoms with E-state index in [2.05, 4.69) is 10.5 Å². The third-order valence-electron chi connectivity index (χ3n) is 4.71. The lowest BCUT2D eigenvalue weighted by molar-refractivity contribution is 0.0733. The molecule has 8 heteroatoms. The SMILES string of the molecule is COc1cc(C(=O)Oc2ccccc2/C=N/NC(=O)c2ccc(C)cc2)cc(OC)c1OC. The molecule has 33 heavy (non-hydrogen) atoms. The van der Waals surface area contributed by atoms with E-state index in [9.17, 15) is 9.59 Å². The van der Waals surface area contributed by atoms with E-state index >= 15 is 0 Å². The summed E-state index contributed by atoms with van der Waals surface area (Å²) in [6.45, 7) is 1.94. The highest BCUT2D eigenvalue weighted by Crippen LogP contribution is 2.38. The Kier molecular flexibility index (Phi) is 7.64. The van der Waals surface area contributed by atoms with Crippen LogP contribution in [-0.4, -0.2) is 39.4 Å². The molecule has 0 aliphatic heterocycles. The van der Waals surface area contributed by atoms with E-state index in [4.69, 9.17) is 18.9 Å². The summed E-state index contributed by atoms with van der Waals surface area (Å²) in [5.41, 5.74) is 4.72. The number of aryl methyl sites for hydroxylation is 1. The van der Waals surface area contributed by atoms with Gasteiger partial charge in [0, 0.05) is 11.1 Å². The van der Waals surface area contributed by atoms with Gasteiger partial charge >= 0.3 is 5.97 Å². The molecule has 0 aliphatic carbocycles. The monoisotopic (exact) mass is 448 g/mol. The maximum absolute atomic E-state index is 12.8. The van der Waals surface area contributed by atoms with Crippen LogP contribution >= 0.6 is 0 Å². The number of carbonyl (C=O) groups excluding carboxylic acids is 2. The molecule has 0 unspecified atom stereocenters. The Balaban J connectivity index is 1.76. The maximum atomic E-state index is 12.8. The molecule has 8 nitrogen and oxygen atoms in total. The normalized spacial score (nSPS) is 10.5. The molecule has 0 saturated heterocycles. The molecule has 0 heterocycles. The quantitative estimate of drug-likeness (QED) is 0.242. The molecule has 0 radical (unpaired) electrons. The smallest absolute Gasteiger partial charge is 0.343 e. The lowest BCUT2D eigenvalue weighted by Gasteiger charge is -2.14. The second kappa shape index (κ2) is 10.8. The predicted octanol–water partition coefficient (Wildman–Crippen LogP) is 4.00. The molecular weight excluding hydrogens is 424 g/mol. The summed E-state index contributed by atoms with van der Waals surface area (Å²) >= 11 is 0. The lowest BCUT2D eigenvalue weighted by atomic mass is 10.1. The van der Waals surface area contributed by atoms with E-state index in [0.29, 0.717) is 28.4 Å². The highest BCUT2D eigenvalue weighted by atomic mass is 16.5. The van der Waals surface area contributed by atoms with Gasteiger partial charge in [0.2, 0.25) is 5.75 Å². The van der Waals surface area contributed by atoms with Crippen molar-refractivity contribution in [3.05, 3.63) is 82.9 Å². The largest absolute Gasteiger partial charge is 0.493 e. The summed E-state index contributed by atoms with van der Waals surface area (Å²) in [7, 11) is 4.40. The minimum atomic E-state index is -0.626. The van der Waals surface area contributed by atoms with Gasteiger partial charge in [-0.05, 0) is 43.3 Å². The van der Waals surface area contributed by atoms with Crippen molar-refractivity contribution in [3.63, 3.8) is 0 Å². The van der Waals surface area contributed by atoms with Gasteiger partial charge < -0.3 is 18.9 Å². The standard InChI is InChI=1S/C25H24N2O6/c1-16-9-11-17(12-10-16)24(28)27-26-15-18-7-5-6-8-20(18)33-25(29)19-13-21(30-2)23(32-4)22(14-19)31-3/h5-15H,1-4H3,(H,27,28)/b26-15+. The van der Waals surface area contributed by atoms with E-state index in [0.717, 1.165) is 5.56 Å². The van der Waals surface area contributed by atoms with Crippen molar-refractivity contribution >= 4 is 18.1 Å². The number of carbonyl (C=O) groups is 2. The van der Waals surface area contributed by atoms with E-state index in [1.165, 1.54) is 39.7 Å². The number of nitrogens with one attached hydrogen (secondary N) is 1. The molecule has 0 atom stereocenters. The van der Waals surface area contributed by atoms with Crippen molar-refractivity contribution < 1.29 is 28.5 Å². The molecule has 3 aromatic carbocycles.